The standard InChI is InChI=1S/C34H37IN2O8/c1-43-26-10-6-9-23(15-26)11-13-37(31(40)18-22-7-4-3-5-8-22)28-19-25(34(42)36-12-14-38)20-29(32(28)41)45-33-27(35)16-24(21-39)17-30(33)44-2/h3-10,15-17,20-21,28-29,32,38,41H,11-14,18-19H2,1-2H3,(H,36,42)/t28-,29+,32+/m1/s1. The van der Waals surface area contributed by atoms with E-state index < -0.39 is 24.2 Å². The van der Waals surface area contributed by atoms with E-state index in [4.69, 9.17) is 14.2 Å². The first kappa shape index (κ1) is 33.9. The number of methoxy groups -OCH3 is 2. The molecule has 238 valence electrons. The van der Waals surface area contributed by atoms with Crippen LogP contribution in [0.15, 0.2) is 78.4 Å². The highest BCUT2D eigenvalue weighted by Gasteiger charge is 2.41. The second-order valence-corrected chi connectivity index (χ2v) is 11.7. The summed E-state index contributed by atoms with van der Waals surface area (Å²) in [6.45, 7) is 0.0553. The summed E-state index contributed by atoms with van der Waals surface area (Å²) in [6.07, 6.45) is 0.599. The average molecular weight is 729 g/mol. The number of benzene rings is 3. The first-order valence-electron chi connectivity index (χ1n) is 14.5. The third-order valence-electron chi connectivity index (χ3n) is 7.55. The number of ether oxygens (including phenoxy) is 3. The van der Waals surface area contributed by atoms with Crippen LogP contribution in [0.5, 0.6) is 17.2 Å². The van der Waals surface area contributed by atoms with Crippen LogP contribution in [0, 0.1) is 3.57 Å². The molecule has 0 heterocycles. The monoisotopic (exact) mass is 728 g/mol. The predicted molar refractivity (Wildman–Crippen MR) is 177 cm³/mol. The number of hydrogen-bond donors (Lipinski definition) is 3. The van der Waals surface area contributed by atoms with Gasteiger partial charge in [-0.2, -0.15) is 0 Å². The number of aldehydes is 1. The minimum atomic E-state index is -1.23. The zero-order valence-corrected chi connectivity index (χ0v) is 27.3. The molecule has 45 heavy (non-hydrogen) atoms. The summed E-state index contributed by atoms with van der Waals surface area (Å²) >= 11 is 2.02. The molecular formula is C34H37IN2O8. The van der Waals surface area contributed by atoms with Gasteiger partial charge in [-0.3, -0.25) is 14.4 Å². The lowest BCUT2D eigenvalue weighted by Crippen LogP contribution is -2.56. The fourth-order valence-electron chi connectivity index (χ4n) is 5.26. The Morgan fingerprint density at radius 3 is 2.49 bits per heavy atom. The van der Waals surface area contributed by atoms with Crippen LogP contribution in [0.1, 0.15) is 27.9 Å². The van der Waals surface area contributed by atoms with Gasteiger partial charge in [0.1, 0.15) is 24.2 Å². The minimum absolute atomic E-state index is 0.0420. The molecule has 1 aliphatic carbocycles. The number of aliphatic hydroxyl groups excluding tert-OH is 2. The number of amides is 2. The van der Waals surface area contributed by atoms with Gasteiger partial charge in [0.15, 0.2) is 11.5 Å². The van der Waals surface area contributed by atoms with Gasteiger partial charge in [-0.1, -0.05) is 42.5 Å². The average Bonchev–Trinajstić information content (AvgIpc) is 3.06. The van der Waals surface area contributed by atoms with Crippen molar-refractivity contribution in [3.63, 3.8) is 0 Å². The van der Waals surface area contributed by atoms with E-state index in [2.05, 4.69) is 5.32 Å². The summed E-state index contributed by atoms with van der Waals surface area (Å²) < 4.78 is 17.7. The van der Waals surface area contributed by atoms with Crippen LogP contribution in [0.25, 0.3) is 0 Å². The maximum atomic E-state index is 14.0. The molecule has 0 saturated carbocycles. The van der Waals surface area contributed by atoms with Crippen molar-refractivity contribution in [1.82, 2.24) is 10.2 Å². The van der Waals surface area contributed by atoms with Crippen molar-refractivity contribution < 1.29 is 38.8 Å². The van der Waals surface area contributed by atoms with Crippen molar-refractivity contribution in [2.45, 2.75) is 37.5 Å². The van der Waals surface area contributed by atoms with Crippen molar-refractivity contribution in [2.24, 2.45) is 0 Å². The smallest absolute Gasteiger partial charge is 0.247 e. The molecule has 0 spiro atoms. The Bertz CT molecular complexity index is 1510. The van der Waals surface area contributed by atoms with Crippen molar-refractivity contribution in [3.05, 3.63) is 98.6 Å². The third kappa shape index (κ3) is 8.83. The molecule has 0 bridgehead atoms. The predicted octanol–water partition coefficient (Wildman–Crippen LogP) is 3.35. The molecule has 0 fully saturated rings. The molecule has 11 heteroatoms. The molecule has 0 aliphatic heterocycles. The van der Waals surface area contributed by atoms with Crippen LogP contribution < -0.4 is 19.5 Å². The van der Waals surface area contributed by atoms with Crippen molar-refractivity contribution >= 4 is 40.7 Å². The van der Waals surface area contributed by atoms with Crippen molar-refractivity contribution in [3.8, 4) is 17.2 Å². The number of aliphatic hydroxyl groups is 2. The maximum absolute atomic E-state index is 14.0. The lowest BCUT2D eigenvalue weighted by molar-refractivity contribution is -0.137. The van der Waals surface area contributed by atoms with Crippen molar-refractivity contribution in [2.75, 3.05) is 33.9 Å². The molecule has 4 rings (SSSR count). The normalized spacial score (nSPS) is 17.5. The zero-order chi connectivity index (χ0) is 32.3. The van der Waals surface area contributed by atoms with Crippen LogP contribution >= 0.6 is 22.6 Å². The zero-order valence-electron chi connectivity index (χ0n) is 25.1. The molecule has 3 N–H and O–H groups in total. The second kappa shape index (κ2) is 16.4. The summed E-state index contributed by atoms with van der Waals surface area (Å²) in [5.74, 6) is 0.615. The maximum Gasteiger partial charge on any atom is 0.247 e. The Labute approximate surface area is 276 Å². The van der Waals surface area contributed by atoms with E-state index in [-0.39, 0.29) is 44.2 Å². The van der Waals surface area contributed by atoms with Gasteiger partial charge in [0, 0.05) is 30.6 Å². The fraction of sp³-hybridized carbons (Fsp3) is 0.324. The van der Waals surface area contributed by atoms with E-state index in [9.17, 15) is 24.6 Å². The molecule has 3 aromatic rings. The highest BCUT2D eigenvalue weighted by Crippen LogP contribution is 2.37. The molecule has 2 amide bonds. The quantitative estimate of drug-likeness (QED) is 0.170. The molecule has 1 aliphatic rings. The van der Waals surface area contributed by atoms with E-state index in [1.165, 1.54) is 13.2 Å². The molecule has 0 saturated heterocycles. The Morgan fingerprint density at radius 2 is 1.80 bits per heavy atom. The lowest BCUT2D eigenvalue weighted by Gasteiger charge is -2.41. The Kier molecular flexibility index (Phi) is 12.4. The van der Waals surface area contributed by atoms with Gasteiger partial charge in [-0.25, -0.2) is 0 Å². The van der Waals surface area contributed by atoms with Gasteiger partial charge in [0.25, 0.3) is 0 Å². The number of halogens is 1. The number of carbonyl (C=O) groups is 3. The van der Waals surface area contributed by atoms with Gasteiger partial charge in [0.2, 0.25) is 11.8 Å². The fourth-order valence-corrected chi connectivity index (χ4v) is 6.02. The topological polar surface area (TPSA) is 135 Å². The largest absolute Gasteiger partial charge is 0.497 e. The number of carbonyl (C=O) groups excluding carboxylic acids is 3. The van der Waals surface area contributed by atoms with E-state index in [0.29, 0.717) is 38.9 Å². The third-order valence-corrected chi connectivity index (χ3v) is 8.35. The Hall–Kier alpha value is -3.94. The van der Waals surface area contributed by atoms with Crippen LogP contribution in [-0.4, -0.2) is 85.4 Å². The van der Waals surface area contributed by atoms with Gasteiger partial charge < -0.3 is 34.6 Å². The van der Waals surface area contributed by atoms with Gasteiger partial charge in [0.05, 0.1) is 36.9 Å². The minimum Gasteiger partial charge on any atom is -0.497 e. The summed E-state index contributed by atoms with van der Waals surface area (Å²) in [4.78, 5) is 40.3. The summed E-state index contributed by atoms with van der Waals surface area (Å²) in [5, 5.41) is 23.8. The van der Waals surface area contributed by atoms with Crippen LogP contribution in [-0.2, 0) is 22.4 Å². The molecule has 0 radical (unpaired) electrons. The Morgan fingerprint density at radius 1 is 1.04 bits per heavy atom. The van der Waals surface area contributed by atoms with Crippen LogP contribution in [0.3, 0.4) is 0 Å². The molecule has 0 unspecified atom stereocenters. The lowest BCUT2D eigenvalue weighted by atomic mass is 9.87. The Balaban J connectivity index is 1.71. The number of rotatable bonds is 14. The van der Waals surface area contributed by atoms with E-state index in [0.717, 1.165) is 11.1 Å². The number of hydrogen-bond acceptors (Lipinski definition) is 8. The van der Waals surface area contributed by atoms with Crippen LogP contribution in [0.4, 0.5) is 0 Å². The number of nitrogens with zero attached hydrogens (tertiary/aromatic N) is 1. The molecule has 0 aromatic heterocycles. The van der Waals surface area contributed by atoms with E-state index in [1.807, 2.05) is 77.2 Å². The highest BCUT2D eigenvalue weighted by atomic mass is 127. The summed E-state index contributed by atoms with van der Waals surface area (Å²) in [5.41, 5.74) is 2.45. The van der Waals surface area contributed by atoms with E-state index >= 15 is 0 Å². The SMILES string of the molecule is COc1cccc(CCN(C(=O)Cc2ccccc2)[C@@H]2CC(C(=O)NCCO)=C[C@H](Oc3c(I)cc(C=O)cc3OC)[C@H]2O)c1. The molecule has 3 aromatic carbocycles. The van der Waals surface area contributed by atoms with Gasteiger partial charge in [-0.05, 0) is 70.5 Å². The summed E-state index contributed by atoms with van der Waals surface area (Å²) in [7, 11) is 3.03. The molecule has 10 nitrogen and oxygen atoms in total. The highest BCUT2D eigenvalue weighted by molar-refractivity contribution is 14.1. The van der Waals surface area contributed by atoms with Crippen molar-refractivity contribution in [1.29, 1.82) is 0 Å². The first-order valence-corrected chi connectivity index (χ1v) is 15.6. The number of nitrogens with one attached hydrogen (secondary N) is 1. The first-order chi connectivity index (χ1) is 21.8. The molecular weight excluding hydrogens is 691 g/mol. The molecule has 3 atom stereocenters. The van der Waals surface area contributed by atoms with E-state index in [1.54, 1.807) is 24.2 Å². The van der Waals surface area contributed by atoms with Gasteiger partial charge in [-0.15, -0.1) is 0 Å². The second-order valence-electron chi connectivity index (χ2n) is 10.5. The van der Waals surface area contributed by atoms with Gasteiger partial charge >= 0.3 is 0 Å². The summed E-state index contributed by atoms with van der Waals surface area (Å²) in [6, 6.07) is 19.2. The van der Waals surface area contributed by atoms with Crippen LogP contribution in [0.2, 0.25) is 0 Å².